The summed E-state index contributed by atoms with van der Waals surface area (Å²) >= 11 is 1.15. The average Bonchev–Trinajstić information content (AvgIpc) is 2.37. The zero-order valence-electron chi connectivity index (χ0n) is 11.4. The molecule has 2 unspecified atom stereocenters. The van der Waals surface area contributed by atoms with Crippen LogP contribution in [-0.4, -0.2) is 34.3 Å². The first-order valence-electron chi connectivity index (χ1n) is 6.09. The van der Waals surface area contributed by atoms with Gasteiger partial charge < -0.3 is 14.9 Å². The molecule has 0 spiro atoms. The van der Waals surface area contributed by atoms with E-state index in [1.807, 2.05) is 13.0 Å². The average molecular weight is 284 g/mol. The van der Waals surface area contributed by atoms with Gasteiger partial charge in [0.05, 0.1) is 13.2 Å². The molecule has 19 heavy (non-hydrogen) atoms. The van der Waals surface area contributed by atoms with Gasteiger partial charge in [-0.1, -0.05) is 17.8 Å². The minimum atomic E-state index is -0.946. The van der Waals surface area contributed by atoms with Crippen molar-refractivity contribution in [2.24, 2.45) is 0 Å². The van der Waals surface area contributed by atoms with Crippen molar-refractivity contribution in [3.05, 3.63) is 29.3 Å². The summed E-state index contributed by atoms with van der Waals surface area (Å²) < 4.78 is 5.10. The third-order valence-corrected chi connectivity index (χ3v) is 3.73. The molecule has 4 nitrogen and oxygen atoms in total. The number of aliphatic hydroxyl groups excluding tert-OH is 2. The Morgan fingerprint density at radius 2 is 2.11 bits per heavy atom. The second-order valence-electron chi connectivity index (χ2n) is 4.36. The van der Waals surface area contributed by atoms with Crippen LogP contribution in [-0.2, 0) is 4.79 Å². The Balaban J connectivity index is 2.65. The van der Waals surface area contributed by atoms with Gasteiger partial charge in [-0.25, -0.2) is 0 Å². The molecular weight excluding hydrogens is 264 g/mol. The summed E-state index contributed by atoms with van der Waals surface area (Å²) in [6.07, 6.45) is -1.45. The minimum Gasteiger partial charge on any atom is -0.497 e. The van der Waals surface area contributed by atoms with Crippen LogP contribution in [0.25, 0.3) is 0 Å². The minimum absolute atomic E-state index is 0.0160. The molecule has 0 aliphatic rings. The van der Waals surface area contributed by atoms with Crippen molar-refractivity contribution in [2.45, 2.75) is 32.5 Å². The number of methoxy groups -OCH3 is 1. The van der Waals surface area contributed by atoms with Gasteiger partial charge in [0.2, 0.25) is 0 Å². The number of benzene rings is 1. The van der Waals surface area contributed by atoms with E-state index in [0.29, 0.717) is 17.7 Å². The van der Waals surface area contributed by atoms with E-state index in [0.717, 1.165) is 23.1 Å². The van der Waals surface area contributed by atoms with Gasteiger partial charge in [-0.05, 0) is 36.6 Å². The maximum Gasteiger partial charge on any atom is 0.185 e. The van der Waals surface area contributed by atoms with Crippen LogP contribution in [0.5, 0.6) is 5.75 Å². The molecule has 0 heterocycles. The molecule has 106 valence electrons. The number of hydrogen-bond donors (Lipinski definition) is 2. The summed E-state index contributed by atoms with van der Waals surface area (Å²) in [7, 11) is 1.58. The number of thioether (sulfide) groups is 1. The summed E-state index contributed by atoms with van der Waals surface area (Å²) in [6.45, 7) is 3.35. The van der Waals surface area contributed by atoms with Crippen LogP contribution >= 0.6 is 11.8 Å². The first kappa shape index (κ1) is 16.0. The van der Waals surface area contributed by atoms with Crippen LogP contribution in [0.15, 0.2) is 18.2 Å². The molecule has 0 amide bonds. The van der Waals surface area contributed by atoms with Crippen LogP contribution in [0.1, 0.15) is 30.6 Å². The molecule has 1 rings (SSSR count). The van der Waals surface area contributed by atoms with Crippen molar-refractivity contribution >= 4 is 16.9 Å². The Hall–Kier alpha value is -1.04. The molecule has 0 bridgehead atoms. The molecule has 0 saturated heterocycles. The maximum atomic E-state index is 10.8. The van der Waals surface area contributed by atoms with E-state index in [1.54, 1.807) is 19.2 Å². The van der Waals surface area contributed by atoms with Gasteiger partial charge in [-0.2, -0.15) is 0 Å². The third-order valence-electron chi connectivity index (χ3n) is 2.88. The second-order valence-corrected chi connectivity index (χ2v) is 5.64. The monoisotopic (exact) mass is 284 g/mol. The largest absolute Gasteiger partial charge is 0.497 e. The number of ether oxygens (including phenoxy) is 1. The number of rotatable bonds is 6. The Kier molecular flexibility index (Phi) is 6.34. The molecule has 1 aromatic rings. The van der Waals surface area contributed by atoms with Crippen molar-refractivity contribution < 1.29 is 19.7 Å². The molecule has 1 aromatic carbocycles. The van der Waals surface area contributed by atoms with Gasteiger partial charge in [0.25, 0.3) is 0 Å². The fourth-order valence-electron chi connectivity index (χ4n) is 1.80. The van der Waals surface area contributed by atoms with Crippen LogP contribution in [0.4, 0.5) is 0 Å². The van der Waals surface area contributed by atoms with E-state index in [9.17, 15) is 15.0 Å². The second kappa shape index (κ2) is 7.53. The lowest BCUT2D eigenvalue weighted by Crippen LogP contribution is -2.20. The van der Waals surface area contributed by atoms with E-state index >= 15 is 0 Å². The first-order chi connectivity index (χ1) is 8.95. The van der Waals surface area contributed by atoms with Gasteiger partial charge in [-0.15, -0.1) is 0 Å². The summed E-state index contributed by atoms with van der Waals surface area (Å²) in [6, 6.07) is 5.32. The third kappa shape index (κ3) is 4.86. The van der Waals surface area contributed by atoms with E-state index < -0.39 is 12.2 Å². The van der Waals surface area contributed by atoms with Crippen molar-refractivity contribution in [1.29, 1.82) is 0 Å². The van der Waals surface area contributed by atoms with Gasteiger partial charge in [-0.3, -0.25) is 4.79 Å². The number of aliphatic hydroxyl groups is 2. The smallest absolute Gasteiger partial charge is 0.185 e. The Morgan fingerprint density at radius 3 is 2.63 bits per heavy atom. The highest BCUT2D eigenvalue weighted by atomic mass is 32.2. The molecule has 0 saturated carbocycles. The summed E-state index contributed by atoms with van der Waals surface area (Å²) in [5, 5.41) is 20.1. The van der Waals surface area contributed by atoms with E-state index in [1.165, 1.54) is 6.92 Å². The summed E-state index contributed by atoms with van der Waals surface area (Å²) in [5.74, 6) is 1.22. The molecule has 2 atom stereocenters. The van der Waals surface area contributed by atoms with Crippen LogP contribution in [0.3, 0.4) is 0 Å². The van der Waals surface area contributed by atoms with Crippen molar-refractivity contribution in [3.8, 4) is 5.75 Å². The molecule has 0 aliphatic heterocycles. The van der Waals surface area contributed by atoms with Gasteiger partial charge in [0.15, 0.2) is 5.12 Å². The topological polar surface area (TPSA) is 66.8 Å². The lowest BCUT2D eigenvalue weighted by Gasteiger charge is -2.20. The van der Waals surface area contributed by atoms with Crippen LogP contribution < -0.4 is 4.74 Å². The number of carbonyl (C=O) groups is 1. The lowest BCUT2D eigenvalue weighted by atomic mass is 9.98. The number of carbonyl (C=O) groups excluding carboxylic acids is 1. The molecule has 0 aliphatic carbocycles. The van der Waals surface area contributed by atoms with Gasteiger partial charge in [0.1, 0.15) is 11.9 Å². The predicted octanol–water partition coefficient (Wildman–Crippen LogP) is 2.07. The lowest BCUT2D eigenvalue weighted by molar-refractivity contribution is -0.109. The van der Waals surface area contributed by atoms with E-state index in [-0.39, 0.29) is 5.12 Å². The maximum absolute atomic E-state index is 10.8. The number of aryl methyl sites for hydroxylation is 1. The number of hydrogen-bond acceptors (Lipinski definition) is 5. The van der Waals surface area contributed by atoms with Crippen molar-refractivity contribution in [3.63, 3.8) is 0 Å². The Bertz CT molecular complexity index is 433. The predicted molar refractivity (Wildman–Crippen MR) is 76.5 cm³/mol. The highest BCUT2D eigenvalue weighted by molar-refractivity contribution is 8.13. The molecule has 5 heteroatoms. The quantitative estimate of drug-likeness (QED) is 0.837. The normalized spacial score (nSPS) is 13.9. The summed E-state index contributed by atoms with van der Waals surface area (Å²) in [4.78, 5) is 10.8. The molecular formula is C14H20O4S. The zero-order valence-corrected chi connectivity index (χ0v) is 12.2. The fourth-order valence-corrected chi connectivity index (χ4v) is 2.44. The highest BCUT2D eigenvalue weighted by Crippen LogP contribution is 2.26. The molecule has 0 fully saturated rings. The molecule has 0 aromatic heterocycles. The van der Waals surface area contributed by atoms with Crippen LogP contribution in [0.2, 0.25) is 0 Å². The fraction of sp³-hybridized carbons (Fsp3) is 0.500. The van der Waals surface area contributed by atoms with Crippen LogP contribution in [0, 0.1) is 6.92 Å². The molecule has 0 radical (unpaired) electrons. The van der Waals surface area contributed by atoms with Crippen molar-refractivity contribution in [1.82, 2.24) is 0 Å². The SMILES string of the molecule is COc1ccc(C(O)C(O)CCSC(C)=O)c(C)c1. The standard InChI is InChI=1S/C14H20O4S/c1-9-8-11(18-3)4-5-12(9)14(17)13(16)6-7-19-10(2)15/h4-5,8,13-14,16-17H,6-7H2,1-3H3. The Labute approximate surface area is 117 Å². The van der Waals surface area contributed by atoms with Gasteiger partial charge >= 0.3 is 0 Å². The van der Waals surface area contributed by atoms with E-state index in [4.69, 9.17) is 4.74 Å². The highest BCUT2D eigenvalue weighted by Gasteiger charge is 2.20. The van der Waals surface area contributed by atoms with E-state index in [2.05, 4.69) is 0 Å². The molecule has 2 N–H and O–H groups in total. The summed E-state index contributed by atoms with van der Waals surface area (Å²) in [5.41, 5.74) is 1.55. The van der Waals surface area contributed by atoms with Crippen molar-refractivity contribution in [2.75, 3.05) is 12.9 Å². The first-order valence-corrected chi connectivity index (χ1v) is 7.08. The van der Waals surface area contributed by atoms with Gasteiger partial charge in [0, 0.05) is 12.7 Å². The zero-order chi connectivity index (χ0) is 14.4. The Morgan fingerprint density at radius 1 is 1.42 bits per heavy atom.